The molecule has 1 aromatic heterocycles. The van der Waals surface area contributed by atoms with Crippen LogP contribution in [-0.4, -0.2) is 36.2 Å². The molecule has 2 rings (SSSR count). The number of rotatable bonds is 7. The van der Waals surface area contributed by atoms with Crippen molar-refractivity contribution in [1.82, 2.24) is 5.32 Å². The average molecular weight is 333 g/mol. The highest BCUT2D eigenvalue weighted by molar-refractivity contribution is 5.90. The maximum Gasteiger partial charge on any atom is 0.305 e. The molecule has 1 aromatic carbocycles. The summed E-state index contributed by atoms with van der Waals surface area (Å²) in [5.74, 6) is -1.26. The van der Waals surface area contributed by atoms with Crippen LogP contribution in [0.4, 0.5) is 0 Å². The Kier molecular flexibility index (Phi) is 5.29. The van der Waals surface area contributed by atoms with Gasteiger partial charge < -0.3 is 19.6 Å². The summed E-state index contributed by atoms with van der Waals surface area (Å²) in [5.41, 5.74) is 2.78. The Morgan fingerprint density at radius 3 is 2.67 bits per heavy atom. The predicted molar refractivity (Wildman–Crippen MR) is 90.1 cm³/mol. The Bertz CT molecular complexity index is 764. The van der Waals surface area contributed by atoms with Crippen molar-refractivity contribution < 1.29 is 23.8 Å². The molecule has 0 aliphatic heterocycles. The molecular weight excluding hydrogens is 310 g/mol. The second-order valence-electron chi connectivity index (χ2n) is 6.43. The van der Waals surface area contributed by atoms with Gasteiger partial charge in [-0.05, 0) is 31.9 Å². The zero-order valence-corrected chi connectivity index (χ0v) is 14.4. The zero-order valence-electron chi connectivity index (χ0n) is 14.4. The van der Waals surface area contributed by atoms with E-state index < -0.39 is 11.5 Å². The molecule has 6 heteroatoms. The van der Waals surface area contributed by atoms with Crippen molar-refractivity contribution in [3.05, 3.63) is 35.1 Å². The number of carbonyl (C=O) groups excluding carboxylic acids is 1. The topological polar surface area (TPSA) is 88.8 Å². The molecular formula is C18H23NO5. The maximum atomic E-state index is 12.4. The molecule has 0 fully saturated rings. The van der Waals surface area contributed by atoms with Gasteiger partial charge in [-0.1, -0.05) is 12.1 Å². The van der Waals surface area contributed by atoms with Crippen molar-refractivity contribution in [1.29, 1.82) is 0 Å². The molecule has 1 heterocycles. The van der Waals surface area contributed by atoms with Gasteiger partial charge in [0.25, 0.3) is 0 Å². The molecule has 0 aliphatic rings. The fourth-order valence-electron chi connectivity index (χ4n) is 2.86. The quantitative estimate of drug-likeness (QED) is 0.813. The number of hydrogen-bond acceptors (Lipinski definition) is 4. The Balaban J connectivity index is 2.17. The fraction of sp³-hybridized carbons (Fsp3) is 0.444. The number of hydrogen-bond donors (Lipinski definition) is 2. The lowest BCUT2D eigenvalue weighted by atomic mass is 9.98. The Morgan fingerprint density at radius 2 is 2.04 bits per heavy atom. The van der Waals surface area contributed by atoms with Crippen LogP contribution >= 0.6 is 0 Å². The minimum Gasteiger partial charge on any atom is -0.481 e. The third-order valence-electron chi connectivity index (χ3n) is 4.14. The zero-order chi connectivity index (χ0) is 17.9. The molecule has 0 aliphatic carbocycles. The second kappa shape index (κ2) is 7.05. The maximum absolute atomic E-state index is 12.4. The minimum absolute atomic E-state index is 0.119. The summed E-state index contributed by atoms with van der Waals surface area (Å²) in [6, 6.07) is 3.93. The van der Waals surface area contributed by atoms with Crippen molar-refractivity contribution in [3.63, 3.8) is 0 Å². The Morgan fingerprint density at radius 1 is 1.33 bits per heavy atom. The minimum atomic E-state index is -0.991. The lowest BCUT2D eigenvalue weighted by Gasteiger charge is -2.28. The first kappa shape index (κ1) is 18.0. The average Bonchev–Trinajstić information content (AvgIpc) is 2.85. The number of fused-ring (bicyclic) bond motifs is 1. The summed E-state index contributed by atoms with van der Waals surface area (Å²) in [5, 5.41) is 12.7. The summed E-state index contributed by atoms with van der Waals surface area (Å²) >= 11 is 0. The van der Waals surface area contributed by atoms with Crippen LogP contribution in [0.3, 0.4) is 0 Å². The molecule has 2 N–H and O–H groups in total. The SMILES string of the molecule is COCC(C)(CC(=O)O)NC(=O)Cc1coc2c(C)c(C)ccc12. The number of aliphatic carboxylic acids is 1. The van der Waals surface area contributed by atoms with Crippen molar-refractivity contribution in [2.45, 2.75) is 39.2 Å². The van der Waals surface area contributed by atoms with Gasteiger partial charge in [-0.3, -0.25) is 9.59 Å². The highest BCUT2D eigenvalue weighted by Gasteiger charge is 2.29. The van der Waals surface area contributed by atoms with Crippen LogP contribution in [0.25, 0.3) is 11.0 Å². The van der Waals surface area contributed by atoms with Crippen molar-refractivity contribution in [2.75, 3.05) is 13.7 Å². The van der Waals surface area contributed by atoms with E-state index in [9.17, 15) is 9.59 Å². The van der Waals surface area contributed by atoms with E-state index in [4.69, 9.17) is 14.3 Å². The standard InChI is InChI=1S/C18H23NO5/c1-11-5-6-14-13(9-24-17(14)12(11)2)7-15(20)19-18(3,10-23-4)8-16(21)22/h5-6,9H,7-8,10H2,1-4H3,(H,19,20)(H,21,22). The third kappa shape index (κ3) is 3.94. The molecule has 0 saturated carbocycles. The Labute approximate surface area is 140 Å². The Hall–Kier alpha value is -2.34. The van der Waals surface area contributed by atoms with E-state index in [1.165, 1.54) is 7.11 Å². The normalized spacial score (nSPS) is 13.7. The van der Waals surface area contributed by atoms with Crippen LogP contribution in [-0.2, 0) is 20.7 Å². The van der Waals surface area contributed by atoms with Gasteiger partial charge in [0.2, 0.25) is 5.91 Å². The number of methoxy groups -OCH3 is 1. The van der Waals surface area contributed by atoms with Crippen LogP contribution in [0.15, 0.2) is 22.8 Å². The largest absolute Gasteiger partial charge is 0.481 e. The molecule has 0 radical (unpaired) electrons. The first-order valence-electron chi connectivity index (χ1n) is 7.74. The van der Waals surface area contributed by atoms with Gasteiger partial charge in [0.05, 0.1) is 31.3 Å². The van der Waals surface area contributed by atoms with Crippen molar-refractivity contribution in [2.24, 2.45) is 0 Å². The van der Waals surface area contributed by atoms with Gasteiger partial charge >= 0.3 is 5.97 Å². The van der Waals surface area contributed by atoms with E-state index in [2.05, 4.69) is 5.32 Å². The van der Waals surface area contributed by atoms with Crippen LogP contribution in [0.1, 0.15) is 30.0 Å². The monoisotopic (exact) mass is 333 g/mol. The van der Waals surface area contributed by atoms with Crippen LogP contribution in [0, 0.1) is 13.8 Å². The third-order valence-corrected chi connectivity index (χ3v) is 4.14. The fourth-order valence-corrected chi connectivity index (χ4v) is 2.86. The molecule has 1 amide bonds. The van der Waals surface area contributed by atoms with E-state index in [0.717, 1.165) is 27.7 Å². The van der Waals surface area contributed by atoms with Gasteiger partial charge in [-0.15, -0.1) is 0 Å². The van der Waals surface area contributed by atoms with Crippen molar-refractivity contribution >= 4 is 22.8 Å². The first-order valence-corrected chi connectivity index (χ1v) is 7.74. The number of benzene rings is 1. The highest BCUT2D eigenvalue weighted by Crippen LogP contribution is 2.27. The molecule has 1 unspecified atom stereocenters. The number of nitrogens with one attached hydrogen (secondary N) is 1. The predicted octanol–water partition coefficient (Wildman–Crippen LogP) is 2.59. The number of aryl methyl sites for hydroxylation is 2. The molecule has 0 bridgehead atoms. The molecule has 1 atom stereocenters. The first-order chi connectivity index (χ1) is 11.3. The number of ether oxygens (including phenoxy) is 1. The summed E-state index contributed by atoms with van der Waals surface area (Å²) < 4.78 is 10.7. The highest BCUT2D eigenvalue weighted by atomic mass is 16.5. The number of carbonyl (C=O) groups is 2. The van der Waals surface area contributed by atoms with E-state index in [1.54, 1.807) is 13.2 Å². The van der Waals surface area contributed by atoms with E-state index in [-0.39, 0.29) is 25.4 Å². The smallest absolute Gasteiger partial charge is 0.305 e. The summed E-state index contributed by atoms with van der Waals surface area (Å²) in [7, 11) is 1.47. The second-order valence-corrected chi connectivity index (χ2v) is 6.43. The molecule has 2 aromatic rings. The van der Waals surface area contributed by atoms with E-state index in [0.29, 0.717) is 0 Å². The van der Waals surface area contributed by atoms with Gasteiger partial charge in [0.15, 0.2) is 0 Å². The van der Waals surface area contributed by atoms with Gasteiger partial charge in [-0.2, -0.15) is 0 Å². The molecule has 0 spiro atoms. The summed E-state index contributed by atoms with van der Waals surface area (Å²) in [6.45, 7) is 5.76. The number of furan rings is 1. The molecule has 24 heavy (non-hydrogen) atoms. The molecule has 0 saturated heterocycles. The summed E-state index contributed by atoms with van der Waals surface area (Å²) in [4.78, 5) is 23.4. The van der Waals surface area contributed by atoms with Gasteiger partial charge in [0.1, 0.15) is 5.58 Å². The van der Waals surface area contributed by atoms with Gasteiger partial charge in [0, 0.05) is 18.1 Å². The number of amides is 1. The van der Waals surface area contributed by atoms with E-state index >= 15 is 0 Å². The molecule has 6 nitrogen and oxygen atoms in total. The van der Waals surface area contributed by atoms with Crippen molar-refractivity contribution in [3.8, 4) is 0 Å². The lowest BCUT2D eigenvalue weighted by molar-refractivity contribution is -0.139. The van der Waals surface area contributed by atoms with Crippen LogP contribution in [0.2, 0.25) is 0 Å². The lowest BCUT2D eigenvalue weighted by Crippen LogP contribution is -2.51. The summed E-state index contributed by atoms with van der Waals surface area (Å²) in [6.07, 6.45) is 1.49. The number of carboxylic acid groups (broad SMARTS) is 1. The number of carboxylic acids is 1. The van der Waals surface area contributed by atoms with E-state index in [1.807, 2.05) is 26.0 Å². The van der Waals surface area contributed by atoms with Crippen LogP contribution in [0.5, 0.6) is 0 Å². The molecule has 130 valence electrons. The van der Waals surface area contributed by atoms with Crippen LogP contribution < -0.4 is 5.32 Å². The van der Waals surface area contributed by atoms with Gasteiger partial charge in [-0.25, -0.2) is 0 Å².